The van der Waals surface area contributed by atoms with E-state index in [1.165, 1.54) is 10.9 Å². The zero-order valence-electron chi connectivity index (χ0n) is 9.04. The van der Waals surface area contributed by atoms with E-state index in [9.17, 15) is 0 Å². The Morgan fingerprint density at radius 2 is 1.93 bits per heavy atom. The maximum absolute atomic E-state index is 3.37. The fraction of sp³-hybridized carbons (Fsp3) is 0.417. The molecule has 0 saturated heterocycles. The summed E-state index contributed by atoms with van der Waals surface area (Å²) in [6.07, 6.45) is 2.17. The molecule has 0 bridgehead atoms. The van der Waals surface area contributed by atoms with Crippen molar-refractivity contribution in [3.63, 3.8) is 0 Å². The molecule has 0 radical (unpaired) electrons. The minimum atomic E-state index is 0.311. The van der Waals surface area contributed by atoms with Crippen LogP contribution in [0, 0.1) is 5.41 Å². The van der Waals surface area contributed by atoms with E-state index in [-0.39, 0.29) is 0 Å². The Morgan fingerprint density at radius 1 is 1.21 bits per heavy atom. The van der Waals surface area contributed by atoms with Gasteiger partial charge in [0.1, 0.15) is 5.52 Å². The van der Waals surface area contributed by atoms with Gasteiger partial charge in [-0.2, -0.15) is 5.10 Å². The molecule has 0 spiro atoms. The van der Waals surface area contributed by atoms with Gasteiger partial charge in [0.05, 0.1) is 5.39 Å². The highest BCUT2D eigenvalue weighted by molar-refractivity contribution is 5.76. The first-order chi connectivity index (χ1) is 6.54. The van der Waals surface area contributed by atoms with Crippen molar-refractivity contribution in [1.82, 2.24) is 5.10 Å². The van der Waals surface area contributed by atoms with Gasteiger partial charge in [0.25, 0.3) is 0 Å². The lowest BCUT2D eigenvalue weighted by Crippen LogP contribution is -2.41. The van der Waals surface area contributed by atoms with Gasteiger partial charge in [-0.25, -0.2) is 0 Å². The van der Waals surface area contributed by atoms with E-state index in [1.807, 2.05) is 0 Å². The molecule has 0 fully saturated rings. The van der Waals surface area contributed by atoms with Gasteiger partial charge < -0.3 is 0 Å². The molecule has 0 aliphatic carbocycles. The van der Waals surface area contributed by atoms with Crippen LogP contribution >= 0.6 is 0 Å². The normalized spacial score (nSPS) is 12.2. The van der Waals surface area contributed by atoms with Crippen molar-refractivity contribution in [2.24, 2.45) is 5.41 Å². The lowest BCUT2D eigenvalue weighted by molar-refractivity contribution is -0.757. The van der Waals surface area contributed by atoms with Crippen LogP contribution in [0.15, 0.2) is 30.5 Å². The summed E-state index contributed by atoms with van der Waals surface area (Å²) in [4.78, 5) is 0. The maximum Gasteiger partial charge on any atom is 0.203 e. The molecule has 1 aromatic heterocycles. The molecule has 1 N–H and O–H groups in total. The smallest absolute Gasteiger partial charge is 0.165 e. The third kappa shape index (κ3) is 1.95. The molecule has 1 heterocycles. The van der Waals surface area contributed by atoms with E-state index < -0.39 is 0 Å². The number of benzene rings is 1. The highest BCUT2D eigenvalue weighted by atomic mass is 15.3. The quantitative estimate of drug-likeness (QED) is 0.665. The molecule has 14 heavy (non-hydrogen) atoms. The van der Waals surface area contributed by atoms with Crippen molar-refractivity contribution >= 4 is 10.9 Å². The Kier molecular flexibility index (Phi) is 2.06. The summed E-state index contributed by atoms with van der Waals surface area (Å²) < 4.78 is 2.16. The van der Waals surface area contributed by atoms with Gasteiger partial charge in [-0.1, -0.05) is 32.9 Å². The van der Waals surface area contributed by atoms with E-state index in [0.717, 1.165) is 6.54 Å². The Bertz CT molecular complexity index is 402. The van der Waals surface area contributed by atoms with E-state index in [2.05, 4.69) is 61.0 Å². The van der Waals surface area contributed by atoms with Crippen LogP contribution in [-0.2, 0) is 6.54 Å². The van der Waals surface area contributed by atoms with Crippen LogP contribution in [0.1, 0.15) is 20.8 Å². The van der Waals surface area contributed by atoms with Crippen LogP contribution < -0.4 is 4.68 Å². The molecule has 2 rings (SSSR count). The highest BCUT2D eigenvalue weighted by Crippen LogP contribution is 2.14. The number of para-hydroxylation sites is 1. The van der Waals surface area contributed by atoms with Crippen molar-refractivity contribution in [2.75, 3.05) is 0 Å². The zero-order valence-corrected chi connectivity index (χ0v) is 9.04. The van der Waals surface area contributed by atoms with Crippen molar-refractivity contribution in [2.45, 2.75) is 27.3 Å². The summed E-state index contributed by atoms with van der Waals surface area (Å²) >= 11 is 0. The second-order valence-electron chi connectivity index (χ2n) is 5.02. The Hall–Kier alpha value is -1.31. The molecule has 0 aliphatic heterocycles. The third-order valence-electron chi connectivity index (χ3n) is 2.16. The monoisotopic (exact) mass is 189 g/mol. The molecular weight excluding hydrogens is 172 g/mol. The molecule has 0 atom stereocenters. The van der Waals surface area contributed by atoms with Crippen LogP contribution in [0.2, 0.25) is 0 Å². The molecule has 74 valence electrons. The second kappa shape index (κ2) is 3.12. The maximum atomic E-state index is 3.37. The van der Waals surface area contributed by atoms with Gasteiger partial charge in [0.15, 0.2) is 6.54 Å². The number of hydrogen-bond donors (Lipinski definition) is 1. The first-order valence-corrected chi connectivity index (χ1v) is 5.02. The number of nitrogens with one attached hydrogen (secondary N) is 1. The number of rotatable bonds is 1. The van der Waals surface area contributed by atoms with Gasteiger partial charge in [0, 0.05) is 5.41 Å². The predicted molar refractivity (Wildman–Crippen MR) is 57.9 cm³/mol. The van der Waals surface area contributed by atoms with E-state index >= 15 is 0 Å². The minimum Gasteiger partial charge on any atom is -0.165 e. The lowest BCUT2D eigenvalue weighted by atomic mass is 9.97. The fourth-order valence-corrected chi connectivity index (χ4v) is 1.66. The number of aromatic nitrogens is 2. The number of aromatic amines is 1. The van der Waals surface area contributed by atoms with E-state index in [0.29, 0.717) is 5.41 Å². The number of H-pyrrole nitrogens is 1. The topological polar surface area (TPSA) is 19.7 Å². The average Bonchev–Trinajstić information content (AvgIpc) is 2.42. The number of nitrogens with zero attached hydrogens (tertiary/aromatic N) is 1. The Labute approximate surface area is 84.5 Å². The van der Waals surface area contributed by atoms with E-state index in [4.69, 9.17) is 0 Å². The van der Waals surface area contributed by atoms with E-state index in [1.54, 1.807) is 0 Å². The third-order valence-corrected chi connectivity index (χ3v) is 2.16. The van der Waals surface area contributed by atoms with Gasteiger partial charge in [-0.15, -0.1) is 4.68 Å². The fourth-order valence-electron chi connectivity index (χ4n) is 1.66. The minimum absolute atomic E-state index is 0.311. The summed E-state index contributed by atoms with van der Waals surface area (Å²) in [5.41, 5.74) is 1.52. The molecule has 2 aromatic rings. The molecule has 1 aromatic carbocycles. The molecule has 0 amide bonds. The summed E-state index contributed by atoms with van der Waals surface area (Å²) in [7, 11) is 0. The van der Waals surface area contributed by atoms with Crippen LogP contribution in [0.3, 0.4) is 0 Å². The standard InChI is InChI=1S/C12H16N2/c1-12(2,3)9-14-8-10-6-4-5-7-11(10)13-14/h4-8H,9H2,1-3H3/p+1. The van der Waals surface area contributed by atoms with Crippen LogP contribution in [0.5, 0.6) is 0 Å². The summed E-state index contributed by atoms with van der Waals surface area (Å²) in [5, 5.41) is 4.64. The SMILES string of the molecule is CC(C)(C)C[n+]1cc2ccccc2[nH]1. The average molecular weight is 189 g/mol. The Balaban J connectivity index is 2.36. The summed E-state index contributed by atoms with van der Waals surface area (Å²) in [6.45, 7) is 7.74. The van der Waals surface area contributed by atoms with Gasteiger partial charge in [-0.3, -0.25) is 0 Å². The first-order valence-electron chi connectivity index (χ1n) is 5.02. The van der Waals surface area contributed by atoms with Gasteiger partial charge in [0.2, 0.25) is 6.20 Å². The zero-order chi connectivity index (χ0) is 10.2. The van der Waals surface area contributed by atoms with Crippen molar-refractivity contribution in [3.05, 3.63) is 30.5 Å². The van der Waals surface area contributed by atoms with Crippen molar-refractivity contribution in [1.29, 1.82) is 0 Å². The highest BCUT2D eigenvalue weighted by Gasteiger charge is 2.18. The van der Waals surface area contributed by atoms with Gasteiger partial charge >= 0.3 is 0 Å². The Morgan fingerprint density at radius 3 is 2.57 bits per heavy atom. The van der Waals surface area contributed by atoms with Crippen LogP contribution in [0.4, 0.5) is 0 Å². The second-order valence-corrected chi connectivity index (χ2v) is 5.02. The summed E-state index contributed by atoms with van der Waals surface area (Å²) in [6, 6.07) is 8.36. The van der Waals surface area contributed by atoms with Crippen molar-refractivity contribution in [3.8, 4) is 0 Å². The molecule has 2 nitrogen and oxygen atoms in total. The molecule has 2 heteroatoms. The molecule has 0 unspecified atom stereocenters. The largest absolute Gasteiger partial charge is 0.203 e. The molecular formula is C12H17N2+. The van der Waals surface area contributed by atoms with Gasteiger partial charge in [-0.05, 0) is 12.1 Å². The predicted octanol–water partition coefficient (Wildman–Crippen LogP) is 2.50. The number of hydrogen-bond acceptors (Lipinski definition) is 0. The van der Waals surface area contributed by atoms with Crippen molar-refractivity contribution < 1.29 is 4.68 Å². The first kappa shape index (κ1) is 9.25. The van der Waals surface area contributed by atoms with Crippen LogP contribution in [-0.4, -0.2) is 5.10 Å². The number of fused-ring (bicyclic) bond motifs is 1. The molecule has 0 saturated carbocycles. The summed E-state index contributed by atoms with van der Waals surface area (Å²) in [5.74, 6) is 0. The van der Waals surface area contributed by atoms with Crippen LogP contribution in [0.25, 0.3) is 10.9 Å². The molecule has 0 aliphatic rings. The lowest BCUT2D eigenvalue weighted by Gasteiger charge is -2.11.